The van der Waals surface area contributed by atoms with Crippen molar-refractivity contribution in [2.75, 3.05) is 11.6 Å². The molecule has 0 saturated carbocycles. The van der Waals surface area contributed by atoms with Crippen molar-refractivity contribution in [2.24, 2.45) is 0 Å². The highest BCUT2D eigenvalue weighted by Gasteiger charge is 2.35. The molecule has 3 rings (SSSR count). The molecule has 3 aromatic rings. The average Bonchev–Trinajstić information content (AvgIpc) is 3.01. The maximum absolute atomic E-state index is 13.7. The van der Waals surface area contributed by atoms with Gasteiger partial charge < -0.3 is 15.0 Å². The standard InChI is InChI=1S/C24H24F4N2O4S/c1-13-9-17(6-8-22(13)35(4,33)34)29-23(32)19-12-18(10-14(2)31)30(15(19)3)21-7-5-16(25)11-20(21)24(26,27)28/h5-9,11-12,14,31H,10H2,1-4H3,(H,29,32)/t14-/m0/s1. The number of carbonyl (C=O) groups is 1. The minimum absolute atomic E-state index is 0.0444. The predicted octanol–water partition coefficient (Wildman–Crippen LogP) is 4.83. The maximum Gasteiger partial charge on any atom is 0.418 e. The molecule has 0 saturated heterocycles. The first-order valence-corrected chi connectivity index (χ1v) is 12.4. The Morgan fingerprint density at radius 2 is 1.77 bits per heavy atom. The first-order valence-electron chi connectivity index (χ1n) is 10.5. The number of anilines is 1. The number of carbonyl (C=O) groups excluding carboxylic acids is 1. The van der Waals surface area contributed by atoms with Gasteiger partial charge in [-0.3, -0.25) is 4.79 Å². The summed E-state index contributed by atoms with van der Waals surface area (Å²) in [6.07, 6.45) is -4.80. The molecule has 0 aliphatic rings. The number of amides is 1. The third-order valence-electron chi connectivity index (χ3n) is 5.41. The van der Waals surface area contributed by atoms with Crippen molar-refractivity contribution in [3.8, 4) is 5.69 Å². The Kier molecular flexibility index (Phi) is 7.14. The summed E-state index contributed by atoms with van der Waals surface area (Å²) in [5, 5.41) is 12.5. The zero-order valence-electron chi connectivity index (χ0n) is 19.4. The first kappa shape index (κ1) is 26.4. The highest BCUT2D eigenvalue weighted by Crippen LogP contribution is 2.36. The number of aryl methyl sites for hydroxylation is 1. The molecule has 1 atom stereocenters. The Hall–Kier alpha value is -3.18. The second-order valence-corrected chi connectivity index (χ2v) is 10.4. The highest BCUT2D eigenvalue weighted by molar-refractivity contribution is 7.90. The van der Waals surface area contributed by atoms with Crippen LogP contribution in [0.1, 0.15) is 39.8 Å². The minimum atomic E-state index is -4.86. The molecule has 0 radical (unpaired) electrons. The zero-order chi connectivity index (χ0) is 26.3. The Labute approximate surface area is 200 Å². The number of aromatic nitrogens is 1. The van der Waals surface area contributed by atoms with Gasteiger partial charge in [-0.2, -0.15) is 13.2 Å². The Bertz CT molecular complexity index is 1390. The van der Waals surface area contributed by atoms with Crippen LogP contribution in [0.4, 0.5) is 23.2 Å². The summed E-state index contributed by atoms with van der Waals surface area (Å²) in [5.74, 6) is -1.70. The molecule has 6 nitrogen and oxygen atoms in total. The molecular weight excluding hydrogens is 488 g/mol. The number of hydrogen-bond donors (Lipinski definition) is 2. The summed E-state index contributed by atoms with van der Waals surface area (Å²) in [6.45, 7) is 4.47. The fourth-order valence-electron chi connectivity index (χ4n) is 3.96. The molecule has 1 aromatic heterocycles. The lowest BCUT2D eigenvalue weighted by atomic mass is 10.1. The number of sulfone groups is 1. The summed E-state index contributed by atoms with van der Waals surface area (Å²) in [6, 6.07) is 7.86. The summed E-state index contributed by atoms with van der Waals surface area (Å²) in [4.78, 5) is 13.2. The number of aliphatic hydroxyl groups excluding tert-OH is 1. The van der Waals surface area contributed by atoms with Crippen molar-refractivity contribution in [1.82, 2.24) is 4.57 Å². The van der Waals surface area contributed by atoms with Crippen LogP contribution in [-0.2, 0) is 22.4 Å². The molecule has 0 bridgehead atoms. The summed E-state index contributed by atoms with van der Waals surface area (Å²) in [5.41, 5.74) is -0.468. The molecule has 2 N–H and O–H groups in total. The quantitative estimate of drug-likeness (QED) is 0.463. The lowest BCUT2D eigenvalue weighted by Crippen LogP contribution is -2.16. The average molecular weight is 513 g/mol. The fourth-order valence-corrected chi connectivity index (χ4v) is 4.92. The van der Waals surface area contributed by atoms with Gasteiger partial charge in [-0.1, -0.05) is 0 Å². The monoisotopic (exact) mass is 512 g/mol. The smallest absolute Gasteiger partial charge is 0.393 e. The molecule has 35 heavy (non-hydrogen) atoms. The number of aliphatic hydroxyl groups is 1. The normalized spacial score (nSPS) is 13.1. The van der Waals surface area contributed by atoms with E-state index in [9.17, 15) is 35.9 Å². The van der Waals surface area contributed by atoms with E-state index >= 15 is 0 Å². The molecule has 0 fully saturated rings. The third-order valence-corrected chi connectivity index (χ3v) is 6.67. The van der Waals surface area contributed by atoms with Crippen LogP contribution in [0, 0.1) is 19.7 Å². The van der Waals surface area contributed by atoms with E-state index in [0.717, 1.165) is 18.4 Å². The van der Waals surface area contributed by atoms with Crippen molar-refractivity contribution >= 4 is 21.4 Å². The van der Waals surface area contributed by atoms with Crippen LogP contribution in [0.2, 0.25) is 0 Å². The number of nitrogens with zero attached hydrogens (tertiary/aromatic N) is 1. The van der Waals surface area contributed by atoms with E-state index in [1.54, 1.807) is 6.92 Å². The molecule has 0 aliphatic carbocycles. The number of rotatable bonds is 6. The molecule has 188 valence electrons. The molecule has 1 amide bonds. The van der Waals surface area contributed by atoms with Crippen LogP contribution in [0.15, 0.2) is 47.4 Å². The van der Waals surface area contributed by atoms with E-state index in [2.05, 4.69) is 5.32 Å². The SMILES string of the molecule is Cc1cc(NC(=O)c2cc(C[C@H](C)O)n(-c3ccc(F)cc3C(F)(F)F)c2C)ccc1S(C)(=O)=O. The number of hydrogen-bond acceptors (Lipinski definition) is 4. The zero-order valence-corrected chi connectivity index (χ0v) is 20.2. The van der Waals surface area contributed by atoms with Crippen LogP contribution in [-0.4, -0.2) is 36.4 Å². The topological polar surface area (TPSA) is 88.4 Å². The fraction of sp³-hybridized carbons (Fsp3) is 0.292. The lowest BCUT2D eigenvalue weighted by Gasteiger charge is -2.18. The molecule has 1 heterocycles. The largest absolute Gasteiger partial charge is 0.418 e. The van der Waals surface area contributed by atoms with Crippen LogP contribution < -0.4 is 5.32 Å². The number of nitrogens with one attached hydrogen (secondary N) is 1. The van der Waals surface area contributed by atoms with Gasteiger partial charge in [0.15, 0.2) is 9.84 Å². The van der Waals surface area contributed by atoms with Crippen LogP contribution in [0.25, 0.3) is 5.69 Å². The highest BCUT2D eigenvalue weighted by atomic mass is 32.2. The molecule has 11 heteroatoms. The molecule has 2 aromatic carbocycles. The van der Waals surface area contributed by atoms with Gasteiger partial charge in [0, 0.05) is 29.8 Å². The second kappa shape index (κ2) is 9.46. The Balaban J connectivity index is 2.10. The van der Waals surface area contributed by atoms with Crippen molar-refractivity contribution in [3.05, 3.63) is 76.4 Å². The Morgan fingerprint density at radius 1 is 1.11 bits per heavy atom. The second-order valence-electron chi connectivity index (χ2n) is 8.39. The summed E-state index contributed by atoms with van der Waals surface area (Å²) >= 11 is 0. The van der Waals surface area contributed by atoms with E-state index in [1.807, 2.05) is 0 Å². The van der Waals surface area contributed by atoms with Gasteiger partial charge in [0.05, 0.1) is 27.8 Å². The van der Waals surface area contributed by atoms with Gasteiger partial charge in [0.25, 0.3) is 5.91 Å². The first-order chi connectivity index (χ1) is 16.1. The van der Waals surface area contributed by atoms with Gasteiger partial charge in [-0.15, -0.1) is 0 Å². The minimum Gasteiger partial charge on any atom is -0.393 e. The van der Waals surface area contributed by atoms with E-state index in [-0.39, 0.29) is 34.0 Å². The van der Waals surface area contributed by atoms with E-state index in [1.165, 1.54) is 42.7 Å². The molecule has 0 aliphatic heterocycles. The van der Waals surface area contributed by atoms with Crippen molar-refractivity contribution < 1.29 is 35.9 Å². The van der Waals surface area contributed by atoms with Gasteiger partial charge >= 0.3 is 6.18 Å². The van der Waals surface area contributed by atoms with E-state index in [4.69, 9.17) is 0 Å². The number of halogens is 4. The van der Waals surface area contributed by atoms with Gasteiger partial charge in [0.1, 0.15) is 5.82 Å². The van der Waals surface area contributed by atoms with Gasteiger partial charge in [-0.05, 0) is 68.8 Å². The van der Waals surface area contributed by atoms with E-state index < -0.39 is 39.4 Å². The number of alkyl halides is 3. The van der Waals surface area contributed by atoms with Crippen LogP contribution in [0.5, 0.6) is 0 Å². The van der Waals surface area contributed by atoms with Crippen molar-refractivity contribution in [3.63, 3.8) is 0 Å². The number of benzene rings is 2. The molecular formula is C24H24F4N2O4S. The van der Waals surface area contributed by atoms with Crippen molar-refractivity contribution in [2.45, 2.75) is 44.4 Å². The van der Waals surface area contributed by atoms with Crippen LogP contribution in [0.3, 0.4) is 0 Å². The Morgan fingerprint density at radius 3 is 2.31 bits per heavy atom. The summed E-state index contributed by atoms with van der Waals surface area (Å²) < 4.78 is 79.6. The maximum atomic E-state index is 13.7. The molecule has 0 unspecified atom stereocenters. The summed E-state index contributed by atoms with van der Waals surface area (Å²) in [7, 11) is -3.46. The predicted molar refractivity (Wildman–Crippen MR) is 123 cm³/mol. The molecule has 0 spiro atoms. The lowest BCUT2D eigenvalue weighted by molar-refractivity contribution is -0.137. The van der Waals surface area contributed by atoms with Gasteiger partial charge in [0.2, 0.25) is 0 Å². The van der Waals surface area contributed by atoms with Gasteiger partial charge in [-0.25, -0.2) is 12.8 Å². The third kappa shape index (κ3) is 5.73. The van der Waals surface area contributed by atoms with Crippen LogP contribution >= 0.6 is 0 Å². The van der Waals surface area contributed by atoms with E-state index in [0.29, 0.717) is 17.3 Å². The van der Waals surface area contributed by atoms with Crippen molar-refractivity contribution in [1.29, 1.82) is 0 Å².